The van der Waals surface area contributed by atoms with Crippen LogP contribution in [0.1, 0.15) is 0 Å². The van der Waals surface area contributed by atoms with Crippen molar-refractivity contribution in [1.82, 2.24) is 0 Å². The Balaban J connectivity index is 0. The van der Waals surface area contributed by atoms with Gasteiger partial charge in [-0.2, -0.15) is 0 Å². The van der Waals surface area contributed by atoms with E-state index in [1.807, 2.05) is 0 Å². The van der Waals surface area contributed by atoms with E-state index in [1.54, 1.807) is 0 Å². The summed E-state index contributed by atoms with van der Waals surface area (Å²) in [5.41, 5.74) is 0. The van der Waals surface area contributed by atoms with Crippen LogP contribution in [0.2, 0.25) is 0 Å². The van der Waals surface area contributed by atoms with Gasteiger partial charge in [0, 0.05) is 37.7 Å². The summed E-state index contributed by atoms with van der Waals surface area (Å²) >= 11 is 0. The first kappa shape index (κ1) is 43.2. The molecule has 0 aromatic heterocycles. The van der Waals surface area contributed by atoms with Crippen molar-refractivity contribution in [1.29, 1.82) is 0 Å². The fourth-order valence-corrected chi connectivity index (χ4v) is 0. The molecule has 0 aliphatic heterocycles. The summed E-state index contributed by atoms with van der Waals surface area (Å²) < 4.78 is 0. The quantitative estimate of drug-likeness (QED) is 0.284. The van der Waals surface area contributed by atoms with Crippen molar-refractivity contribution in [2.75, 3.05) is 0 Å². The summed E-state index contributed by atoms with van der Waals surface area (Å²) in [6.07, 6.45) is 0. The largest absolute Gasteiger partial charge is 1.00 e. The minimum Gasteiger partial charge on any atom is -0.358 e. The van der Waals surface area contributed by atoms with E-state index >= 15 is 0 Å². The number of hydrogen-bond donors (Lipinski definition) is 0. The molecule has 0 spiro atoms. The second kappa shape index (κ2) is 22.1. The Kier molecular flexibility index (Phi) is 239. The van der Waals surface area contributed by atoms with Crippen molar-refractivity contribution in [3.63, 3.8) is 0 Å². The first-order valence-corrected chi connectivity index (χ1v) is 0. The molecule has 0 atom stereocenters. The Labute approximate surface area is 61.9 Å². The fourth-order valence-electron chi connectivity index (χ4n) is 0. The third-order valence-electron chi connectivity index (χ3n) is 0. The van der Waals surface area contributed by atoms with E-state index in [1.165, 1.54) is 0 Å². The predicted octanol–water partition coefficient (Wildman–Crippen LogP) is -0.314. The van der Waals surface area contributed by atoms with Crippen LogP contribution in [0.3, 0.4) is 0 Å². The normalized spacial score (nSPS) is 0. The molecule has 3 heteroatoms. The van der Waals surface area contributed by atoms with Crippen molar-refractivity contribution in [3.8, 4) is 0 Å². The van der Waals surface area contributed by atoms with Crippen LogP contribution in [0.15, 0.2) is 0 Å². The van der Waals surface area contributed by atoms with Crippen molar-refractivity contribution in [2.24, 2.45) is 0 Å². The Morgan fingerprint density at radius 1 is 0.750 bits per heavy atom. The average Bonchev–Trinajstić information content (AvgIpc) is 0. The first-order valence-electron chi connectivity index (χ1n) is 0. The second-order valence-corrected chi connectivity index (χ2v) is 0. The van der Waals surface area contributed by atoms with Gasteiger partial charge in [0.05, 0.1) is 0 Å². The second-order valence-electron chi connectivity index (χ2n) is 0. The summed E-state index contributed by atoms with van der Waals surface area (Å²) in [6, 6.07) is 0. The molecule has 0 unspecified atom stereocenters. The van der Waals surface area contributed by atoms with Crippen LogP contribution in [0, 0.1) is 7.43 Å². The minimum atomic E-state index is 0. The van der Waals surface area contributed by atoms with Gasteiger partial charge in [0.2, 0.25) is 0 Å². The van der Waals surface area contributed by atoms with E-state index in [9.17, 15) is 0 Å². The van der Waals surface area contributed by atoms with Gasteiger partial charge in [0.1, 0.15) is 0 Å². The van der Waals surface area contributed by atoms with E-state index < -0.39 is 0 Å². The van der Waals surface area contributed by atoms with Crippen molar-refractivity contribution in [3.05, 3.63) is 7.43 Å². The maximum absolute atomic E-state index is 0. The summed E-state index contributed by atoms with van der Waals surface area (Å²) in [5.74, 6) is 0. The minimum absolute atomic E-state index is 0. The molecule has 0 heterocycles. The van der Waals surface area contributed by atoms with Crippen LogP contribution in [-0.2, 0) is 17.1 Å². The molecule has 0 fully saturated rings. The monoisotopic (exact) mass is 92.0 g/mol. The Morgan fingerprint density at radius 2 is 0.750 bits per heavy atom. The van der Waals surface area contributed by atoms with Crippen LogP contribution < -0.4 is 0 Å². The number of hydrogen-bond acceptors (Lipinski definition) is 0. The van der Waals surface area contributed by atoms with Gasteiger partial charge in [-0.25, -0.2) is 0 Å². The van der Waals surface area contributed by atoms with Crippen molar-refractivity contribution in [2.45, 2.75) is 0 Å². The molecule has 0 aromatic rings. The van der Waals surface area contributed by atoms with E-state index in [0.29, 0.717) is 0 Å². The Hall–Kier alpha value is 1.71. The van der Waals surface area contributed by atoms with Gasteiger partial charge in [-0.1, -0.05) is 0 Å². The topological polar surface area (TPSA) is 0 Å². The standard InChI is InChI=1S/CH3.Cu.2Li/h1H3;;;/q-1;+1;;. The van der Waals surface area contributed by atoms with Crippen LogP contribution in [0.4, 0.5) is 0 Å². The molecule has 0 aromatic carbocycles. The molecular weight excluding hydrogens is 89.4 g/mol. The zero-order valence-electron chi connectivity index (χ0n) is 3.30. The zero-order chi connectivity index (χ0) is 0. The van der Waals surface area contributed by atoms with Gasteiger partial charge in [-0.05, 0) is 0 Å². The van der Waals surface area contributed by atoms with Gasteiger partial charge in [0.25, 0.3) is 0 Å². The summed E-state index contributed by atoms with van der Waals surface area (Å²) in [5, 5.41) is 0. The smallest absolute Gasteiger partial charge is 0.358 e. The molecule has 4 heavy (non-hydrogen) atoms. The molecular formula is CH3CuLi2. The molecule has 20 valence electrons. The molecule has 0 nitrogen and oxygen atoms in total. The Morgan fingerprint density at radius 3 is 0.750 bits per heavy atom. The fraction of sp³-hybridized carbons (Fsp3) is 0. The molecule has 0 N–H and O–H groups in total. The third-order valence-corrected chi connectivity index (χ3v) is 0. The summed E-state index contributed by atoms with van der Waals surface area (Å²) in [7, 11) is 0. The zero-order valence-corrected chi connectivity index (χ0v) is 4.24. The third kappa shape index (κ3) is 9.31. The van der Waals surface area contributed by atoms with Gasteiger partial charge >= 0.3 is 17.1 Å². The van der Waals surface area contributed by atoms with Crippen molar-refractivity contribution < 1.29 is 17.1 Å². The molecule has 0 rings (SSSR count). The molecule has 0 amide bonds. The maximum Gasteiger partial charge on any atom is 1.00 e. The van der Waals surface area contributed by atoms with E-state index in [0.717, 1.165) is 0 Å². The van der Waals surface area contributed by atoms with E-state index in [2.05, 4.69) is 0 Å². The van der Waals surface area contributed by atoms with Gasteiger partial charge in [0.15, 0.2) is 0 Å². The van der Waals surface area contributed by atoms with Crippen LogP contribution >= 0.6 is 0 Å². The van der Waals surface area contributed by atoms with Gasteiger partial charge in [-0.3, -0.25) is 0 Å². The van der Waals surface area contributed by atoms with Crippen LogP contribution in [-0.4, -0.2) is 37.7 Å². The summed E-state index contributed by atoms with van der Waals surface area (Å²) in [6.45, 7) is 0. The molecule has 0 saturated heterocycles. The molecule has 0 saturated carbocycles. The van der Waals surface area contributed by atoms with Gasteiger partial charge in [-0.15, -0.1) is 0 Å². The van der Waals surface area contributed by atoms with Crippen LogP contribution in [0.25, 0.3) is 0 Å². The predicted molar refractivity (Wildman–Crippen MR) is 17.9 cm³/mol. The molecule has 0 aliphatic carbocycles. The first-order chi connectivity index (χ1) is 0. The molecule has 0 bridgehead atoms. The van der Waals surface area contributed by atoms with E-state index in [4.69, 9.17) is 0 Å². The Bertz CT molecular complexity index is 6.00. The van der Waals surface area contributed by atoms with Crippen molar-refractivity contribution >= 4 is 37.7 Å². The number of rotatable bonds is 0. The SMILES string of the molecule is [CH3-].[Cu+].[Li].[Li]. The molecule has 2 radical (unpaired) electrons. The summed E-state index contributed by atoms with van der Waals surface area (Å²) in [4.78, 5) is 0. The van der Waals surface area contributed by atoms with Gasteiger partial charge < -0.3 is 7.43 Å². The van der Waals surface area contributed by atoms with Crippen LogP contribution in [0.5, 0.6) is 0 Å². The molecule has 0 aliphatic rings. The van der Waals surface area contributed by atoms with E-state index in [-0.39, 0.29) is 62.2 Å². The maximum atomic E-state index is 0. The average molecular weight is 92.5 g/mol.